The smallest absolute Gasteiger partial charge is 0.119 e. The van der Waals surface area contributed by atoms with Gasteiger partial charge >= 0.3 is 0 Å². The highest BCUT2D eigenvalue weighted by Crippen LogP contribution is 2.19. The number of hydrogen-bond acceptors (Lipinski definition) is 2. The minimum absolute atomic E-state index is 0.213. The van der Waals surface area contributed by atoms with E-state index < -0.39 is 6.10 Å². The fourth-order valence-electron chi connectivity index (χ4n) is 1.50. The van der Waals surface area contributed by atoms with E-state index in [4.69, 9.17) is 16.3 Å². The van der Waals surface area contributed by atoms with Gasteiger partial charge in [-0.25, -0.2) is 0 Å². The summed E-state index contributed by atoms with van der Waals surface area (Å²) in [5, 5.41) is 10.5. The Balaban J connectivity index is 1.96. The van der Waals surface area contributed by atoms with Crippen molar-refractivity contribution in [3.8, 4) is 5.75 Å². The van der Waals surface area contributed by atoms with E-state index in [2.05, 4.69) is 0 Å². The summed E-state index contributed by atoms with van der Waals surface area (Å²) in [7, 11) is 0. The van der Waals surface area contributed by atoms with E-state index in [1.807, 2.05) is 42.5 Å². The van der Waals surface area contributed by atoms with E-state index in [0.717, 1.165) is 11.3 Å². The molecule has 0 spiro atoms. The Morgan fingerprint density at radius 1 is 1.06 bits per heavy atom. The Morgan fingerprint density at radius 2 is 1.82 bits per heavy atom. The molecule has 2 rings (SSSR count). The second-order valence-electron chi connectivity index (χ2n) is 3.69. The number of rotatable bonds is 4. The minimum atomic E-state index is -0.672. The quantitative estimate of drug-likeness (QED) is 0.898. The molecule has 2 aromatic rings. The maximum absolute atomic E-state index is 9.92. The largest absolute Gasteiger partial charge is 0.491 e. The minimum Gasteiger partial charge on any atom is -0.491 e. The third kappa shape index (κ3) is 3.48. The Kier molecular flexibility index (Phi) is 4.02. The highest BCUT2D eigenvalue weighted by molar-refractivity contribution is 6.30. The van der Waals surface area contributed by atoms with Gasteiger partial charge in [0.15, 0.2) is 0 Å². The Labute approximate surface area is 105 Å². The normalized spacial score (nSPS) is 12.1. The lowest BCUT2D eigenvalue weighted by atomic mass is 10.1. The summed E-state index contributed by atoms with van der Waals surface area (Å²) in [5.74, 6) is 0.744. The van der Waals surface area contributed by atoms with Crippen LogP contribution in [0.1, 0.15) is 11.7 Å². The predicted molar refractivity (Wildman–Crippen MR) is 68.3 cm³/mol. The van der Waals surface area contributed by atoms with Gasteiger partial charge in [-0.15, -0.1) is 0 Å². The topological polar surface area (TPSA) is 29.5 Å². The molecule has 0 aliphatic carbocycles. The molecule has 0 radical (unpaired) electrons. The Bertz CT molecular complexity index is 471. The Morgan fingerprint density at radius 3 is 2.53 bits per heavy atom. The van der Waals surface area contributed by atoms with Crippen molar-refractivity contribution in [3.05, 3.63) is 65.2 Å². The van der Waals surface area contributed by atoms with Crippen LogP contribution in [-0.2, 0) is 0 Å². The number of aliphatic hydroxyl groups is 1. The Hall–Kier alpha value is -1.51. The summed E-state index contributed by atoms with van der Waals surface area (Å²) in [6, 6.07) is 16.5. The number of hydrogen-bond donors (Lipinski definition) is 1. The van der Waals surface area contributed by atoms with Crippen LogP contribution in [0.4, 0.5) is 0 Å². The molecule has 0 aliphatic rings. The highest BCUT2D eigenvalue weighted by atomic mass is 35.5. The molecule has 0 fully saturated rings. The van der Waals surface area contributed by atoms with Gasteiger partial charge in [0.1, 0.15) is 18.5 Å². The zero-order valence-electron chi connectivity index (χ0n) is 9.21. The van der Waals surface area contributed by atoms with E-state index in [9.17, 15) is 5.11 Å². The molecule has 0 heterocycles. The standard InChI is InChI=1S/C14H13ClO2/c15-12-6-4-5-11(9-12)14(16)10-17-13-7-2-1-3-8-13/h1-9,14,16H,10H2. The zero-order chi connectivity index (χ0) is 12.1. The maximum Gasteiger partial charge on any atom is 0.119 e. The van der Waals surface area contributed by atoms with Crippen LogP contribution < -0.4 is 4.74 Å². The van der Waals surface area contributed by atoms with Gasteiger partial charge in [0.2, 0.25) is 0 Å². The van der Waals surface area contributed by atoms with Gasteiger partial charge in [-0.1, -0.05) is 41.9 Å². The van der Waals surface area contributed by atoms with Crippen LogP contribution in [0.2, 0.25) is 5.02 Å². The lowest BCUT2D eigenvalue weighted by molar-refractivity contribution is 0.108. The van der Waals surface area contributed by atoms with Gasteiger partial charge in [-0.3, -0.25) is 0 Å². The van der Waals surface area contributed by atoms with E-state index in [0.29, 0.717) is 5.02 Å². The molecule has 0 amide bonds. The van der Waals surface area contributed by atoms with E-state index in [1.54, 1.807) is 12.1 Å². The van der Waals surface area contributed by atoms with Crippen molar-refractivity contribution in [2.45, 2.75) is 6.10 Å². The average Bonchev–Trinajstić information content (AvgIpc) is 2.37. The highest BCUT2D eigenvalue weighted by Gasteiger charge is 2.08. The lowest BCUT2D eigenvalue weighted by Crippen LogP contribution is -2.09. The molecule has 0 aliphatic heterocycles. The summed E-state index contributed by atoms with van der Waals surface area (Å²) in [6.45, 7) is 0.213. The summed E-state index contributed by atoms with van der Waals surface area (Å²) < 4.78 is 5.47. The molecule has 2 aromatic carbocycles. The second kappa shape index (κ2) is 5.71. The van der Waals surface area contributed by atoms with Gasteiger partial charge in [-0.05, 0) is 29.8 Å². The van der Waals surface area contributed by atoms with Crippen LogP contribution in [0, 0.1) is 0 Å². The number of halogens is 1. The lowest BCUT2D eigenvalue weighted by Gasteiger charge is -2.12. The number of aliphatic hydroxyl groups excluding tert-OH is 1. The van der Waals surface area contributed by atoms with E-state index in [1.165, 1.54) is 0 Å². The summed E-state index contributed by atoms with van der Waals surface area (Å²) in [5.41, 5.74) is 0.758. The molecule has 1 atom stereocenters. The van der Waals surface area contributed by atoms with Crippen LogP contribution in [-0.4, -0.2) is 11.7 Å². The molecule has 0 saturated heterocycles. The van der Waals surface area contributed by atoms with Crippen molar-refractivity contribution in [1.82, 2.24) is 0 Å². The maximum atomic E-state index is 9.92. The average molecular weight is 249 g/mol. The number of benzene rings is 2. The summed E-state index contributed by atoms with van der Waals surface area (Å²) in [4.78, 5) is 0. The van der Waals surface area contributed by atoms with Crippen LogP contribution in [0.25, 0.3) is 0 Å². The van der Waals surface area contributed by atoms with E-state index in [-0.39, 0.29) is 6.61 Å². The molecule has 17 heavy (non-hydrogen) atoms. The molecule has 1 N–H and O–H groups in total. The van der Waals surface area contributed by atoms with Gasteiger partial charge in [0.05, 0.1) is 0 Å². The van der Waals surface area contributed by atoms with E-state index >= 15 is 0 Å². The van der Waals surface area contributed by atoms with Gasteiger partial charge in [0.25, 0.3) is 0 Å². The second-order valence-corrected chi connectivity index (χ2v) is 4.13. The summed E-state index contributed by atoms with van der Waals surface area (Å²) >= 11 is 5.85. The molecular weight excluding hydrogens is 236 g/mol. The number of ether oxygens (including phenoxy) is 1. The zero-order valence-corrected chi connectivity index (χ0v) is 9.97. The molecule has 1 unspecified atom stereocenters. The third-order valence-corrected chi connectivity index (χ3v) is 2.62. The van der Waals surface area contributed by atoms with Crippen LogP contribution in [0.5, 0.6) is 5.75 Å². The van der Waals surface area contributed by atoms with Crippen molar-refractivity contribution in [2.75, 3.05) is 6.61 Å². The predicted octanol–water partition coefficient (Wildman–Crippen LogP) is 3.45. The number of para-hydroxylation sites is 1. The van der Waals surface area contributed by atoms with Gasteiger partial charge < -0.3 is 9.84 Å². The molecule has 2 nitrogen and oxygen atoms in total. The fraction of sp³-hybridized carbons (Fsp3) is 0.143. The van der Waals surface area contributed by atoms with Crippen molar-refractivity contribution >= 4 is 11.6 Å². The molecule has 0 bridgehead atoms. The molecule has 3 heteroatoms. The van der Waals surface area contributed by atoms with Crippen molar-refractivity contribution in [3.63, 3.8) is 0 Å². The monoisotopic (exact) mass is 248 g/mol. The first-order chi connectivity index (χ1) is 8.25. The SMILES string of the molecule is OC(COc1ccccc1)c1cccc(Cl)c1. The molecular formula is C14H13ClO2. The van der Waals surface area contributed by atoms with Crippen LogP contribution >= 0.6 is 11.6 Å². The van der Waals surface area contributed by atoms with Gasteiger partial charge in [-0.2, -0.15) is 0 Å². The first-order valence-electron chi connectivity index (χ1n) is 5.37. The first kappa shape index (κ1) is 12.0. The molecule has 0 saturated carbocycles. The van der Waals surface area contributed by atoms with Gasteiger partial charge in [0, 0.05) is 5.02 Å². The molecule has 88 valence electrons. The third-order valence-electron chi connectivity index (χ3n) is 2.38. The van der Waals surface area contributed by atoms with Crippen molar-refractivity contribution < 1.29 is 9.84 Å². The first-order valence-corrected chi connectivity index (χ1v) is 5.75. The van der Waals surface area contributed by atoms with Crippen LogP contribution in [0.15, 0.2) is 54.6 Å². The molecule has 0 aromatic heterocycles. The van der Waals surface area contributed by atoms with Crippen LogP contribution in [0.3, 0.4) is 0 Å². The van der Waals surface area contributed by atoms with Crippen molar-refractivity contribution in [2.24, 2.45) is 0 Å². The van der Waals surface area contributed by atoms with Crippen molar-refractivity contribution in [1.29, 1.82) is 0 Å². The summed E-state index contributed by atoms with van der Waals surface area (Å²) in [6.07, 6.45) is -0.672. The fourth-order valence-corrected chi connectivity index (χ4v) is 1.70.